The molecule has 0 bridgehead atoms. The normalized spacial score (nSPS) is 7.47. The lowest BCUT2D eigenvalue weighted by Gasteiger charge is -2.19. The van der Waals surface area contributed by atoms with E-state index in [1.54, 1.807) is 0 Å². The van der Waals surface area contributed by atoms with Crippen LogP contribution in [0.15, 0.2) is 0 Å². The van der Waals surface area contributed by atoms with Crippen LogP contribution in [0.4, 0.5) is 0 Å². The Labute approximate surface area is 99.4 Å². The molecule has 0 aromatic heterocycles. The highest BCUT2D eigenvalue weighted by molar-refractivity contribution is 5.75. The lowest BCUT2D eigenvalue weighted by molar-refractivity contribution is -0.151. The fraction of sp³-hybridized carbons (Fsp3) is 0.923. The molecular weight excluding hydrogens is 188 g/mol. The van der Waals surface area contributed by atoms with Gasteiger partial charge in [-0.25, -0.2) is 0 Å². The van der Waals surface area contributed by atoms with Crippen molar-refractivity contribution in [3.8, 4) is 0 Å². The molecule has 0 spiro atoms. The highest BCUT2D eigenvalue weighted by atomic mass is 16.5. The third kappa shape index (κ3) is 13.5. The lowest BCUT2D eigenvalue weighted by Crippen LogP contribution is -2.25. The summed E-state index contributed by atoms with van der Waals surface area (Å²) in [5.41, 5.74) is -0.302. The van der Waals surface area contributed by atoms with Crippen molar-refractivity contribution in [2.75, 3.05) is 7.11 Å². The summed E-state index contributed by atoms with van der Waals surface area (Å²) in [5, 5.41) is 0. The number of carbonyl (C=O) groups is 1. The van der Waals surface area contributed by atoms with Gasteiger partial charge in [-0.3, -0.25) is 4.79 Å². The first-order valence-corrected chi connectivity index (χ1v) is 3.63. The van der Waals surface area contributed by atoms with Gasteiger partial charge in [0.15, 0.2) is 0 Å². The minimum absolute atomic E-state index is 0. The van der Waals surface area contributed by atoms with Crippen LogP contribution in [0.1, 0.15) is 70.7 Å². The Morgan fingerprint density at radius 3 is 1.60 bits per heavy atom. The van der Waals surface area contributed by atoms with Crippen molar-refractivity contribution in [1.82, 2.24) is 0 Å². The molecule has 0 fully saturated rings. The summed E-state index contributed by atoms with van der Waals surface area (Å²) in [5.74, 6) is -0.116. The maximum atomic E-state index is 11.0. The molecule has 0 saturated carbocycles. The Morgan fingerprint density at radius 2 is 1.40 bits per heavy atom. The van der Waals surface area contributed by atoms with Crippen molar-refractivity contribution < 1.29 is 9.53 Å². The van der Waals surface area contributed by atoms with E-state index < -0.39 is 0 Å². The first-order valence-electron chi connectivity index (χ1n) is 3.63. The number of esters is 1. The molecule has 0 aliphatic rings. The first kappa shape index (κ1) is 36.6. The molecule has 0 amide bonds. The second kappa shape index (κ2) is 15.9. The van der Waals surface area contributed by atoms with Crippen molar-refractivity contribution >= 4 is 5.97 Å². The zero-order valence-corrected chi connectivity index (χ0v) is 7.23. The molecule has 0 atom stereocenters. The van der Waals surface area contributed by atoms with Gasteiger partial charge in [-0.05, 0) is 20.3 Å². The van der Waals surface area contributed by atoms with Crippen molar-refractivity contribution in [1.29, 1.82) is 0 Å². The van der Waals surface area contributed by atoms with Gasteiger partial charge < -0.3 is 4.74 Å². The van der Waals surface area contributed by atoms with Crippen LogP contribution in [0.5, 0.6) is 0 Å². The predicted octanol–water partition coefficient (Wildman–Crippen LogP) is 5.17. The van der Waals surface area contributed by atoms with E-state index in [0.29, 0.717) is 0 Å². The highest BCUT2D eigenvalue weighted by Gasteiger charge is 2.26. The Kier molecular flexibility index (Phi) is 38.8. The quantitative estimate of drug-likeness (QED) is 0.618. The molecule has 0 N–H and O–H groups in total. The predicted molar refractivity (Wildman–Crippen MR) is 74.4 cm³/mol. The Hall–Kier alpha value is -0.530. The van der Waals surface area contributed by atoms with Gasteiger partial charge in [-0.1, -0.05) is 50.5 Å². The fourth-order valence-electron chi connectivity index (χ4n) is 1.00. The molecule has 0 unspecified atom stereocenters. The minimum Gasteiger partial charge on any atom is -0.469 e. The van der Waals surface area contributed by atoms with Crippen LogP contribution in [0.3, 0.4) is 0 Å². The van der Waals surface area contributed by atoms with Crippen molar-refractivity contribution in [2.24, 2.45) is 5.41 Å². The van der Waals surface area contributed by atoms with Gasteiger partial charge >= 0.3 is 5.97 Å². The number of hydrogen-bond donors (Lipinski definition) is 0. The van der Waals surface area contributed by atoms with E-state index in [-0.39, 0.29) is 48.5 Å². The molecule has 0 radical (unpaired) electrons. The van der Waals surface area contributed by atoms with Crippen LogP contribution in [-0.4, -0.2) is 13.1 Å². The van der Waals surface area contributed by atoms with Gasteiger partial charge in [0.25, 0.3) is 0 Å². The fourth-order valence-corrected chi connectivity index (χ4v) is 1.00. The van der Waals surface area contributed by atoms with Gasteiger partial charge in [0.1, 0.15) is 0 Å². The average molecular weight is 224 g/mol. The van der Waals surface area contributed by atoms with E-state index in [1.165, 1.54) is 7.11 Å². The third-order valence-corrected chi connectivity index (χ3v) is 1.61. The van der Waals surface area contributed by atoms with Crippen LogP contribution in [0, 0.1) is 5.41 Å². The average Bonchev–Trinajstić information content (AvgIpc) is 1.86. The van der Waals surface area contributed by atoms with Crippen LogP contribution in [0.25, 0.3) is 0 Å². The monoisotopic (exact) mass is 224 g/mol. The van der Waals surface area contributed by atoms with Gasteiger partial charge in [-0.15, -0.1) is 0 Å². The van der Waals surface area contributed by atoms with Crippen molar-refractivity contribution in [2.45, 2.75) is 70.7 Å². The summed E-state index contributed by atoms with van der Waals surface area (Å²) in [6, 6.07) is 0. The molecular formula is C13H36O2. The van der Waals surface area contributed by atoms with Crippen molar-refractivity contribution in [3.05, 3.63) is 0 Å². The molecule has 0 aliphatic carbocycles. The maximum absolute atomic E-state index is 11.0. The zero-order chi connectivity index (χ0) is 8.20. The Morgan fingerprint density at radius 1 is 1.07 bits per heavy atom. The zero-order valence-electron chi connectivity index (χ0n) is 7.23. The maximum Gasteiger partial charge on any atom is 0.311 e. The van der Waals surface area contributed by atoms with Gasteiger partial charge in [0.2, 0.25) is 0 Å². The Balaban J connectivity index is -0.0000000405. The minimum atomic E-state index is -0.302. The second-order valence-electron chi connectivity index (χ2n) is 3.13. The molecule has 0 aromatic rings. The number of carbonyl (C=O) groups excluding carboxylic acids is 1. The highest BCUT2D eigenvalue weighted by Crippen LogP contribution is 2.23. The van der Waals surface area contributed by atoms with Crippen molar-refractivity contribution in [3.63, 3.8) is 0 Å². The topological polar surface area (TPSA) is 26.3 Å². The molecule has 100 valence electrons. The van der Waals surface area contributed by atoms with Gasteiger partial charge in [0.05, 0.1) is 12.5 Å². The summed E-state index contributed by atoms with van der Waals surface area (Å²) in [6.45, 7) is 5.87. The number of ether oxygens (including phenoxy) is 1. The SMILES string of the molecule is C.C.C.C.C.CCCC(C)(C)C(=O)OC. The van der Waals surface area contributed by atoms with E-state index in [0.717, 1.165) is 12.8 Å². The molecule has 2 nitrogen and oxygen atoms in total. The summed E-state index contributed by atoms with van der Waals surface area (Å²) in [4.78, 5) is 11.0. The number of methoxy groups -OCH3 is 1. The summed E-state index contributed by atoms with van der Waals surface area (Å²) < 4.78 is 4.63. The van der Waals surface area contributed by atoms with E-state index in [1.807, 2.05) is 13.8 Å². The molecule has 2 heteroatoms. The third-order valence-electron chi connectivity index (χ3n) is 1.61. The molecule has 0 rings (SSSR count). The van der Waals surface area contributed by atoms with Crippen LogP contribution < -0.4 is 0 Å². The van der Waals surface area contributed by atoms with E-state index in [4.69, 9.17) is 0 Å². The summed E-state index contributed by atoms with van der Waals surface area (Å²) in [7, 11) is 1.43. The summed E-state index contributed by atoms with van der Waals surface area (Å²) in [6.07, 6.45) is 1.90. The van der Waals surface area contributed by atoms with Crippen LogP contribution in [-0.2, 0) is 9.53 Å². The first-order chi connectivity index (χ1) is 4.54. The Bertz CT molecular complexity index is 118. The molecule has 0 aromatic carbocycles. The molecule has 0 aliphatic heterocycles. The van der Waals surface area contributed by atoms with E-state index >= 15 is 0 Å². The lowest BCUT2D eigenvalue weighted by atomic mass is 9.88. The van der Waals surface area contributed by atoms with E-state index in [9.17, 15) is 4.79 Å². The molecule has 0 saturated heterocycles. The van der Waals surface area contributed by atoms with Crippen LogP contribution >= 0.6 is 0 Å². The number of rotatable bonds is 3. The number of hydrogen-bond acceptors (Lipinski definition) is 2. The molecule has 0 heterocycles. The second-order valence-corrected chi connectivity index (χ2v) is 3.13. The van der Waals surface area contributed by atoms with Crippen LogP contribution in [0.2, 0.25) is 0 Å². The standard InChI is InChI=1S/C8H16O2.5CH4/c1-5-6-8(2,3)7(9)10-4;;;;;/h5-6H2,1-4H3;5*1H4. The summed E-state index contributed by atoms with van der Waals surface area (Å²) >= 11 is 0. The van der Waals surface area contributed by atoms with Gasteiger partial charge in [-0.2, -0.15) is 0 Å². The van der Waals surface area contributed by atoms with Gasteiger partial charge in [0, 0.05) is 0 Å². The largest absolute Gasteiger partial charge is 0.469 e. The van der Waals surface area contributed by atoms with E-state index in [2.05, 4.69) is 11.7 Å². The smallest absolute Gasteiger partial charge is 0.311 e. The molecule has 15 heavy (non-hydrogen) atoms.